The Balaban J connectivity index is 3.37. The van der Waals surface area contributed by atoms with Gasteiger partial charge in [-0.1, -0.05) is 17.1 Å². The van der Waals surface area contributed by atoms with Gasteiger partial charge in [0.05, 0.1) is 5.56 Å². The quantitative estimate of drug-likeness (QED) is 0.617. The van der Waals surface area contributed by atoms with Crippen molar-refractivity contribution < 1.29 is 14.3 Å². The average Bonchev–Trinajstić information content (AvgIpc) is 1.96. The predicted octanol–water partition coefficient (Wildman–Crippen LogP) is 0.626. The summed E-state index contributed by atoms with van der Waals surface area (Å²) in [7, 11) is 5.22. The molecule has 0 amide bonds. The Morgan fingerprint density at radius 1 is 1.58 bits per heavy atom. The fraction of sp³-hybridized carbons (Fsp3) is 0.125. The van der Waals surface area contributed by atoms with Crippen molar-refractivity contribution in [2.24, 2.45) is 0 Å². The Morgan fingerprint density at radius 2 is 2.17 bits per heavy atom. The first-order valence-corrected chi connectivity index (χ1v) is 3.31. The van der Waals surface area contributed by atoms with Gasteiger partial charge in [-0.3, -0.25) is 0 Å². The highest BCUT2D eigenvalue weighted by Crippen LogP contribution is 2.06. The van der Waals surface area contributed by atoms with Gasteiger partial charge in [-0.2, -0.15) is 0 Å². The predicted molar refractivity (Wildman–Crippen MR) is 43.5 cm³/mol. The highest BCUT2D eigenvalue weighted by Gasteiger charge is 2.11. The number of hydrogen-bond donors (Lipinski definition) is 1. The molecule has 1 N–H and O–H groups in total. The zero-order valence-electron chi connectivity index (χ0n) is 6.47. The Bertz CT molecular complexity index is 336. The minimum absolute atomic E-state index is 0.132. The van der Waals surface area contributed by atoms with Gasteiger partial charge in [0.1, 0.15) is 13.7 Å². The second-order valence-electron chi connectivity index (χ2n) is 2.52. The van der Waals surface area contributed by atoms with Crippen LogP contribution in [0.2, 0.25) is 0 Å². The van der Waals surface area contributed by atoms with Crippen molar-refractivity contribution in [2.75, 3.05) is 0 Å². The molecule has 0 fully saturated rings. The summed E-state index contributed by atoms with van der Waals surface area (Å²) in [5, 5.41) is 8.52. The van der Waals surface area contributed by atoms with Crippen LogP contribution in [0.3, 0.4) is 0 Å². The summed E-state index contributed by atoms with van der Waals surface area (Å²) in [4.78, 5) is 10.4. The zero-order valence-corrected chi connectivity index (χ0v) is 6.47. The van der Waals surface area contributed by atoms with E-state index in [1.807, 2.05) is 0 Å². The Kier molecular flexibility index (Phi) is 2.17. The number of carboxylic acid groups (broad SMARTS) is 1. The van der Waals surface area contributed by atoms with Crippen molar-refractivity contribution >= 4 is 19.3 Å². The summed E-state index contributed by atoms with van der Waals surface area (Å²) in [6, 6.07) is 2.63. The van der Waals surface area contributed by atoms with Crippen LogP contribution in [0.1, 0.15) is 15.9 Å². The second-order valence-corrected chi connectivity index (χ2v) is 2.52. The SMILES string of the molecule is [B]c1cc(C)cc(C(=O)O)c1F. The third kappa shape index (κ3) is 1.47. The van der Waals surface area contributed by atoms with E-state index in [2.05, 4.69) is 0 Å². The summed E-state index contributed by atoms with van der Waals surface area (Å²) in [5.41, 5.74) is 0.117. The molecular formula is C8H6BFO2. The molecule has 0 bridgehead atoms. The number of carbonyl (C=O) groups is 1. The first kappa shape index (κ1) is 8.78. The van der Waals surface area contributed by atoms with Crippen molar-refractivity contribution in [2.45, 2.75) is 6.92 Å². The molecule has 0 unspecified atom stereocenters. The van der Waals surface area contributed by atoms with Crippen LogP contribution in [-0.2, 0) is 0 Å². The Hall–Kier alpha value is -1.32. The summed E-state index contributed by atoms with van der Waals surface area (Å²) in [5.74, 6) is -2.17. The normalized spacial score (nSPS) is 9.83. The van der Waals surface area contributed by atoms with E-state index in [4.69, 9.17) is 13.0 Å². The molecule has 4 heteroatoms. The van der Waals surface area contributed by atoms with Gasteiger partial charge in [0.15, 0.2) is 0 Å². The molecule has 12 heavy (non-hydrogen) atoms. The summed E-state index contributed by atoms with van der Waals surface area (Å²) >= 11 is 0. The van der Waals surface area contributed by atoms with Crippen LogP contribution in [0.25, 0.3) is 0 Å². The molecule has 2 radical (unpaired) electrons. The van der Waals surface area contributed by atoms with Crippen molar-refractivity contribution in [3.05, 3.63) is 29.1 Å². The molecule has 0 aliphatic carbocycles. The van der Waals surface area contributed by atoms with E-state index in [0.29, 0.717) is 5.56 Å². The number of halogens is 1. The van der Waals surface area contributed by atoms with E-state index >= 15 is 0 Å². The molecule has 0 saturated heterocycles. The molecule has 1 aromatic carbocycles. The van der Waals surface area contributed by atoms with Crippen LogP contribution >= 0.6 is 0 Å². The first-order valence-electron chi connectivity index (χ1n) is 3.31. The van der Waals surface area contributed by atoms with E-state index in [9.17, 15) is 9.18 Å². The maximum atomic E-state index is 12.9. The van der Waals surface area contributed by atoms with Gasteiger partial charge < -0.3 is 5.11 Å². The Labute approximate surface area is 70.4 Å². The van der Waals surface area contributed by atoms with Crippen LogP contribution in [0.5, 0.6) is 0 Å². The monoisotopic (exact) mass is 164 g/mol. The molecule has 2 nitrogen and oxygen atoms in total. The van der Waals surface area contributed by atoms with Crippen LogP contribution in [0, 0.1) is 12.7 Å². The number of aromatic carboxylic acids is 1. The number of carboxylic acids is 1. The van der Waals surface area contributed by atoms with Gasteiger partial charge in [0, 0.05) is 0 Å². The number of aryl methyl sites for hydroxylation is 1. The number of hydrogen-bond acceptors (Lipinski definition) is 1. The lowest BCUT2D eigenvalue weighted by Gasteiger charge is -2.02. The van der Waals surface area contributed by atoms with Crippen LogP contribution in [-0.4, -0.2) is 18.9 Å². The Morgan fingerprint density at radius 3 is 2.67 bits per heavy atom. The van der Waals surface area contributed by atoms with Crippen LogP contribution in [0.15, 0.2) is 12.1 Å². The fourth-order valence-electron chi connectivity index (χ4n) is 0.952. The van der Waals surface area contributed by atoms with E-state index < -0.39 is 11.8 Å². The summed E-state index contributed by atoms with van der Waals surface area (Å²) < 4.78 is 12.9. The highest BCUT2D eigenvalue weighted by atomic mass is 19.1. The van der Waals surface area contributed by atoms with Crippen LogP contribution < -0.4 is 5.46 Å². The lowest BCUT2D eigenvalue weighted by atomic mass is 9.91. The molecule has 0 heterocycles. The molecule has 60 valence electrons. The lowest BCUT2D eigenvalue weighted by molar-refractivity contribution is 0.0692. The van der Waals surface area contributed by atoms with E-state index in [1.165, 1.54) is 12.1 Å². The zero-order chi connectivity index (χ0) is 9.30. The highest BCUT2D eigenvalue weighted by molar-refractivity contribution is 6.33. The van der Waals surface area contributed by atoms with E-state index in [-0.39, 0.29) is 11.0 Å². The van der Waals surface area contributed by atoms with E-state index in [1.54, 1.807) is 6.92 Å². The molecule has 0 aliphatic rings. The van der Waals surface area contributed by atoms with Gasteiger partial charge >= 0.3 is 5.97 Å². The van der Waals surface area contributed by atoms with Gasteiger partial charge in [-0.15, -0.1) is 0 Å². The maximum absolute atomic E-state index is 12.9. The summed E-state index contributed by atoms with van der Waals surface area (Å²) in [6.45, 7) is 1.66. The molecule has 0 aromatic heterocycles. The molecule has 0 spiro atoms. The molecule has 0 aliphatic heterocycles. The van der Waals surface area contributed by atoms with Crippen LogP contribution in [0.4, 0.5) is 4.39 Å². The molecular weight excluding hydrogens is 158 g/mol. The maximum Gasteiger partial charge on any atom is 0.338 e. The molecule has 0 saturated carbocycles. The van der Waals surface area contributed by atoms with E-state index in [0.717, 1.165) is 0 Å². The minimum Gasteiger partial charge on any atom is -0.478 e. The number of rotatable bonds is 1. The topological polar surface area (TPSA) is 37.3 Å². The minimum atomic E-state index is -1.30. The van der Waals surface area contributed by atoms with Gasteiger partial charge in [0.25, 0.3) is 0 Å². The third-order valence-corrected chi connectivity index (χ3v) is 1.48. The van der Waals surface area contributed by atoms with Gasteiger partial charge in [0.2, 0.25) is 0 Å². The van der Waals surface area contributed by atoms with Crippen molar-refractivity contribution in [3.8, 4) is 0 Å². The third-order valence-electron chi connectivity index (χ3n) is 1.48. The van der Waals surface area contributed by atoms with Crippen molar-refractivity contribution in [1.82, 2.24) is 0 Å². The molecule has 1 rings (SSSR count). The standard InChI is InChI=1S/C8H6BFO2/c1-4-2-5(8(11)12)7(10)6(9)3-4/h2-3H,1H3,(H,11,12). The number of benzene rings is 1. The molecule has 0 atom stereocenters. The summed E-state index contributed by atoms with van der Waals surface area (Å²) in [6.07, 6.45) is 0. The van der Waals surface area contributed by atoms with Crippen molar-refractivity contribution in [3.63, 3.8) is 0 Å². The largest absolute Gasteiger partial charge is 0.478 e. The average molecular weight is 164 g/mol. The lowest BCUT2D eigenvalue weighted by Crippen LogP contribution is -2.15. The van der Waals surface area contributed by atoms with Gasteiger partial charge in [-0.25, -0.2) is 9.18 Å². The molecule has 1 aromatic rings. The smallest absolute Gasteiger partial charge is 0.338 e. The second kappa shape index (κ2) is 2.97. The van der Waals surface area contributed by atoms with Gasteiger partial charge in [-0.05, 0) is 13.0 Å². The first-order chi connectivity index (χ1) is 5.52. The van der Waals surface area contributed by atoms with Crippen molar-refractivity contribution in [1.29, 1.82) is 0 Å². The fourth-order valence-corrected chi connectivity index (χ4v) is 0.952.